The maximum Gasteiger partial charge on any atom is 0.220 e. The van der Waals surface area contributed by atoms with Gasteiger partial charge in [-0.15, -0.1) is 5.10 Å². The van der Waals surface area contributed by atoms with Gasteiger partial charge in [-0.1, -0.05) is 6.92 Å². The quantitative estimate of drug-likeness (QED) is 0.752. The van der Waals surface area contributed by atoms with Gasteiger partial charge in [0.05, 0.1) is 0 Å². The number of H-pyrrole nitrogens is 1. The van der Waals surface area contributed by atoms with Crippen molar-refractivity contribution < 1.29 is 0 Å². The summed E-state index contributed by atoms with van der Waals surface area (Å²) >= 11 is 6.86. The molecule has 0 fully saturated rings. The predicted octanol–water partition coefficient (Wildman–Crippen LogP) is 1.52. The molecular formula is C7H14N4S2. The molecule has 1 aromatic heterocycles. The Bertz CT molecular complexity index is 317. The molecule has 6 heteroatoms. The van der Waals surface area contributed by atoms with Gasteiger partial charge in [-0.25, -0.2) is 5.10 Å². The van der Waals surface area contributed by atoms with Crippen LogP contribution in [0.4, 0.5) is 5.95 Å². The minimum absolute atomic E-state index is 0.470. The first-order chi connectivity index (χ1) is 6.15. The van der Waals surface area contributed by atoms with Crippen molar-refractivity contribution in [2.45, 2.75) is 13.5 Å². The summed E-state index contributed by atoms with van der Waals surface area (Å²) < 4.78 is 2.43. The van der Waals surface area contributed by atoms with Crippen LogP contribution in [0.3, 0.4) is 0 Å². The SMILES string of the molecule is CSCC(C)Cn1c(N)n[nH]c1=S. The number of nitrogens with zero attached hydrogens (tertiary/aromatic N) is 2. The van der Waals surface area contributed by atoms with Gasteiger partial charge >= 0.3 is 0 Å². The van der Waals surface area contributed by atoms with Crippen LogP contribution in [-0.4, -0.2) is 26.8 Å². The normalized spacial score (nSPS) is 13.1. The molecule has 0 amide bonds. The lowest BCUT2D eigenvalue weighted by molar-refractivity contribution is 0.530. The molecule has 0 radical (unpaired) electrons. The molecule has 13 heavy (non-hydrogen) atoms. The number of rotatable bonds is 4. The van der Waals surface area contributed by atoms with Gasteiger partial charge in [0, 0.05) is 6.54 Å². The Hall–Kier alpha value is -0.490. The van der Waals surface area contributed by atoms with Gasteiger partial charge in [-0.2, -0.15) is 11.8 Å². The molecule has 0 aromatic carbocycles. The average Bonchev–Trinajstić information content (AvgIpc) is 2.36. The van der Waals surface area contributed by atoms with Gasteiger partial charge in [0.25, 0.3) is 0 Å². The van der Waals surface area contributed by atoms with E-state index < -0.39 is 0 Å². The summed E-state index contributed by atoms with van der Waals surface area (Å²) in [5.41, 5.74) is 5.63. The molecule has 74 valence electrons. The Kier molecular flexibility index (Phi) is 3.80. The van der Waals surface area contributed by atoms with Crippen molar-refractivity contribution in [3.63, 3.8) is 0 Å². The molecule has 0 spiro atoms. The van der Waals surface area contributed by atoms with Gasteiger partial charge < -0.3 is 5.73 Å². The Morgan fingerprint density at radius 2 is 2.46 bits per heavy atom. The van der Waals surface area contributed by atoms with Crippen LogP contribution in [0.15, 0.2) is 0 Å². The van der Waals surface area contributed by atoms with E-state index >= 15 is 0 Å². The number of hydrogen-bond donors (Lipinski definition) is 2. The summed E-state index contributed by atoms with van der Waals surface area (Å²) in [6, 6.07) is 0. The van der Waals surface area contributed by atoms with Gasteiger partial charge in [0.1, 0.15) is 0 Å². The summed E-state index contributed by atoms with van der Waals surface area (Å²) in [6.45, 7) is 3.01. The average molecular weight is 218 g/mol. The highest BCUT2D eigenvalue weighted by Crippen LogP contribution is 2.09. The number of aromatic amines is 1. The number of aromatic nitrogens is 3. The lowest BCUT2D eigenvalue weighted by Crippen LogP contribution is -2.12. The van der Waals surface area contributed by atoms with Crippen LogP contribution in [0, 0.1) is 10.7 Å². The van der Waals surface area contributed by atoms with Gasteiger partial charge in [0.15, 0.2) is 4.77 Å². The van der Waals surface area contributed by atoms with Crippen LogP contribution in [0.5, 0.6) is 0 Å². The van der Waals surface area contributed by atoms with E-state index in [0.29, 0.717) is 16.6 Å². The van der Waals surface area contributed by atoms with E-state index in [9.17, 15) is 0 Å². The molecule has 0 saturated heterocycles. The zero-order chi connectivity index (χ0) is 9.84. The highest BCUT2D eigenvalue weighted by molar-refractivity contribution is 7.98. The fourth-order valence-corrected chi connectivity index (χ4v) is 2.04. The minimum Gasteiger partial charge on any atom is -0.368 e. The third-order valence-corrected chi connectivity index (χ3v) is 2.95. The summed E-state index contributed by atoms with van der Waals surface area (Å²) in [4.78, 5) is 0. The Labute approximate surface area is 86.9 Å². The monoisotopic (exact) mass is 218 g/mol. The van der Waals surface area contributed by atoms with Crippen molar-refractivity contribution in [1.82, 2.24) is 14.8 Å². The Morgan fingerprint density at radius 1 is 1.77 bits per heavy atom. The van der Waals surface area contributed by atoms with Crippen LogP contribution < -0.4 is 5.73 Å². The van der Waals surface area contributed by atoms with Gasteiger partial charge in [-0.05, 0) is 30.1 Å². The number of nitrogens with one attached hydrogen (secondary N) is 1. The molecule has 1 heterocycles. The van der Waals surface area contributed by atoms with Crippen molar-refractivity contribution in [2.24, 2.45) is 5.92 Å². The fourth-order valence-electron chi connectivity index (χ4n) is 1.16. The summed E-state index contributed by atoms with van der Waals surface area (Å²) in [7, 11) is 0. The Morgan fingerprint density at radius 3 is 2.92 bits per heavy atom. The molecule has 0 saturated carbocycles. The maximum absolute atomic E-state index is 5.63. The second-order valence-corrected chi connectivity index (χ2v) is 4.36. The van der Waals surface area contributed by atoms with Crippen molar-refractivity contribution >= 4 is 29.9 Å². The maximum atomic E-state index is 5.63. The highest BCUT2D eigenvalue weighted by Gasteiger charge is 2.06. The third kappa shape index (κ3) is 2.73. The molecule has 1 unspecified atom stereocenters. The van der Waals surface area contributed by atoms with E-state index in [1.165, 1.54) is 0 Å². The predicted molar refractivity (Wildman–Crippen MR) is 59.4 cm³/mol. The second kappa shape index (κ2) is 4.66. The van der Waals surface area contributed by atoms with Gasteiger partial charge in [0.2, 0.25) is 5.95 Å². The van der Waals surface area contributed by atoms with E-state index in [0.717, 1.165) is 12.3 Å². The number of nitrogen functional groups attached to an aromatic ring is 1. The van der Waals surface area contributed by atoms with Crippen molar-refractivity contribution in [2.75, 3.05) is 17.7 Å². The smallest absolute Gasteiger partial charge is 0.220 e. The second-order valence-electron chi connectivity index (χ2n) is 3.06. The van der Waals surface area contributed by atoms with Crippen LogP contribution >= 0.6 is 24.0 Å². The first-order valence-electron chi connectivity index (χ1n) is 4.04. The van der Waals surface area contributed by atoms with Gasteiger partial charge in [-0.3, -0.25) is 4.57 Å². The van der Waals surface area contributed by atoms with Crippen molar-refractivity contribution in [3.8, 4) is 0 Å². The third-order valence-electron chi connectivity index (χ3n) is 1.73. The molecule has 3 N–H and O–H groups in total. The van der Waals surface area contributed by atoms with Crippen LogP contribution in [0.2, 0.25) is 0 Å². The molecule has 0 aliphatic heterocycles. The topological polar surface area (TPSA) is 59.6 Å². The first-order valence-corrected chi connectivity index (χ1v) is 5.85. The van der Waals surface area contributed by atoms with E-state index in [1.807, 2.05) is 16.3 Å². The van der Waals surface area contributed by atoms with E-state index in [-0.39, 0.29) is 0 Å². The first kappa shape index (κ1) is 10.6. The van der Waals surface area contributed by atoms with E-state index in [1.54, 1.807) is 0 Å². The largest absolute Gasteiger partial charge is 0.368 e. The molecule has 0 aliphatic carbocycles. The molecule has 4 nitrogen and oxygen atoms in total. The number of thioether (sulfide) groups is 1. The zero-order valence-corrected chi connectivity index (χ0v) is 9.41. The van der Waals surface area contributed by atoms with E-state index in [2.05, 4.69) is 23.4 Å². The van der Waals surface area contributed by atoms with Crippen LogP contribution in [0.25, 0.3) is 0 Å². The Balaban J connectivity index is 2.68. The number of hydrogen-bond acceptors (Lipinski definition) is 4. The highest BCUT2D eigenvalue weighted by atomic mass is 32.2. The zero-order valence-electron chi connectivity index (χ0n) is 7.78. The summed E-state index contributed by atoms with van der Waals surface area (Å²) in [6.07, 6.45) is 2.09. The summed E-state index contributed by atoms with van der Waals surface area (Å²) in [5, 5.41) is 6.51. The van der Waals surface area contributed by atoms with Crippen molar-refractivity contribution in [1.29, 1.82) is 0 Å². The lowest BCUT2D eigenvalue weighted by atomic mass is 10.2. The number of anilines is 1. The van der Waals surface area contributed by atoms with Crippen LogP contribution in [0.1, 0.15) is 6.92 Å². The molecular weight excluding hydrogens is 204 g/mol. The standard InChI is InChI=1S/C7H14N4S2/c1-5(4-13-2)3-11-6(8)9-10-7(11)12/h5H,3-4H2,1-2H3,(H2,8,9)(H,10,12). The van der Waals surface area contributed by atoms with E-state index in [4.69, 9.17) is 18.0 Å². The molecule has 1 atom stereocenters. The number of nitrogens with two attached hydrogens (primary N) is 1. The van der Waals surface area contributed by atoms with Crippen molar-refractivity contribution in [3.05, 3.63) is 4.77 Å². The van der Waals surface area contributed by atoms with Crippen LogP contribution in [-0.2, 0) is 6.54 Å². The molecule has 0 bridgehead atoms. The minimum atomic E-state index is 0.470. The molecule has 1 rings (SSSR count). The molecule has 0 aliphatic rings. The fraction of sp³-hybridized carbons (Fsp3) is 0.714. The molecule has 1 aromatic rings. The lowest BCUT2D eigenvalue weighted by Gasteiger charge is -2.10. The summed E-state index contributed by atoms with van der Waals surface area (Å²) in [5.74, 6) is 2.13.